The molecule has 2 rings (SSSR count). The SMILES string of the molecule is NCc1ccc(C(=O)Nc2ccn[nH]2)o1. The summed E-state index contributed by atoms with van der Waals surface area (Å²) in [5.74, 6) is 0.986. The number of H-pyrrole nitrogens is 1. The van der Waals surface area contributed by atoms with Crippen LogP contribution in [0.15, 0.2) is 28.8 Å². The summed E-state index contributed by atoms with van der Waals surface area (Å²) in [7, 11) is 0. The van der Waals surface area contributed by atoms with Crippen molar-refractivity contribution in [3.63, 3.8) is 0 Å². The first kappa shape index (κ1) is 9.47. The third-order valence-corrected chi connectivity index (χ3v) is 1.84. The van der Waals surface area contributed by atoms with E-state index in [0.717, 1.165) is 0 Å². The zero-order valence-corrected chi connectivity index (χ0v) is 7.86. The lowest BCUT2D eigenvalue weighted by Gasteiger charge is -1.98. The lowest BCUT2D eigenvalue weighted by atomic mass is 10.4. The molecule has 2 aromatic heterocycles. The number of carbonyl (C=O) groups excluding carboxylic acids is 1. The molecule has 0 aromatic carbocycles. The van der Waals surface area contributed by atoms with Crippen molar-refractivity contribution in [2.75, 3.05) is 5.32 Å². The molecule has 1 amide bonds. The lowest BCUT2D eigenvalue weighted by Crippen LogP contribution is -2.11. The van der Waals surface area contributed by atoms with E-state index in [1.54, 1.807) is 24.4 Å². The van der Waals surface area contributed by atoms with Crippen molar-refractivity contribution in [1.82, 2.24) is 10.2 Å². The van der Waals surface area contributed by atoms with Gasteiger partial charge in [-0.05, 0) is 12.1 Å². The Hall–Kier alpha value is -2.08. The first-order valence-electron chi connectivity index (χ1n) is 4.39. The van der Waals surface area contributed by atoms with Gasteiger partial charge in [-0.2, -0.15) is 5.10 Å². The third kappa shape index (κ3) is 2.05. The summed E-state index contributed by atoms with van der Waals surface area (Å²) in [4.78, 5) is 11.5. The molecule has 2 aromatic rings. The van der Waals surface area contributed by atoms with Gasteiger partial charge in [0, 0.05) is 6.07 Å². The molecule has 0 saturated carbocycles. The second kappa shape index (κ2) is 3.97. The van der Waals surface area contributed by atoms with Crippen LogP contribution in [0.3, 0.4) is 0 Å². The molecule has 78 valence electrons. The minimum absolute atomic E-state index is 0.227. The van der Waals surface area contributed by atoms with Crippen LogP contribution in [0.1, 0.15) is 16.3 Å². The van der Waals surface area contributed by atoms with Gasteiger partial charge in [-0.1, -0.05) is 0 Å². The molecule has 6 heteroatoms. The van der Waals surface area contributed by atoms with Crippen molar-refractivity contribution in [1.29, 1.82) is 0 Å². The molecule has 6 nitrogen and oxygen atoms in total. The molecule has 0 unspecified atom stereocenters. The van der Waals surface area contributed by atoms with Crippen LogP contribution in [0.2, 0.25) is 0 Å². The highest BCUT2D eigenvalue weighted by atomic mass is 16.4. The fraction of sp³-hybridized carbons (Fsp3) is 0.111. The first-order valence-corrected chi connectivity index (χ1v) is 4.39. The molecule has 0 aliphatic heterocycles. The number of furan rings is 1. The van der Waals surface area contributed by atoms with Crippen LogP contribution < -0.4 is 11.1 Å². The quantitative estimate of drug-likeness (QED) is 0.689. The number of rotatable bonds is 3. The summed E-state index contributed by atoms with van der Waals surface area (Å²) < 4.78 is 5.17. The number of carbonyl (C=O) groups is 1. The van der Waals surface area contributed by atoms with E-state index < -0.39 is 0 Å². The van der Waals surface area contributed by atoms with Gasteiger partial charge in [0.25, 0.3) is 5.91 Å². The number of nitrogens with zero attached hydrogens (tertiary/aromatic N) is 1. The van der Waals surface area contributed by atoms with Crippen molar-refractivity contribution in [2.45, 2.75) is 6.54 Å². The van der Waals surface area contributed by atoms with E-state index in [1.807, 2.05) is 0 Å². The molecule has 0 saturated heterocycles. The Balaban J connectivity index is 2.08. The number of amides is 1. The third-order valence-electron chi connectivity index (χ3n) is 1.84. The summed E-state index contributed by atoms with van der Waals surface area (Å²) in [6, 6.07) is 4.89. The maximum atomic E-state index is 11.5. The molecule has 0 bridgehead atoms. The van der Waals surface area contributed by atoms with Gasteiger partial charge in [-0.15, -0.1) is 0 Å². The molecule has 0 fully saturated rings. The topological polar surface area (TPSA) is 96.9 Å². The van der Waals surface area contributed by atoms with E-state index in [2.05, 4.69) is 15.5 Å². The molecule has 15 heavy (non-hydrogen) atoms. The van der Waals surface area contributed by atoms with Crippen LogP contribution >= 0.6 is 0 Å². The van der Waals surface area contributed by atoms with Gasteiger partial charge >= 0.3 is 0 Å². The minimum Gasteiger partial charge on any atom is -0.455 e. The van der Waals surface area contributed by atoms with Gasteiger partial charge in [-0.3, -0.25) is 9.89 Å². The van der Waals surface area contributed by atoms with Crippen molar-refractivity contribution >= 4 is 11.7 Å². The lowest BCUT2D eigenvalue weighted by molar-refractivity contribution is 0.0994. The predicted octanol–water partition coefficient (Wildman–Crippen LogP) is 0.714. The maximum absolute atomic E-state index is 11.5. The highest BCUT2D eigenvalue weighted by molar-refractivity contribution is 6.01. The minimum atomic E-state index is -0.334. The highest BCUT2D eigenvalue weighted by Crippen LogP contribution is 2.09. The van der Waals surface area contributed by atoms with E-state index in [-0.39, 0.29) is 18.2 Å². The van der Waals surface area contributed by atoms with Crippen LogP contribution in [-0.4, -0.2) is 16.1 Å². The number of anilines is 1. The standard InChI is InChI=1S/C9H10N4O2/c10-5-6-1-2-7(15-6)9(14)12-8-3-4-11-13-8/h1-4H,5,10H2,(H2,11,12,13,14). The molecule has 2 heterocycles. The number of hydrogen-bond acceptors (Lipinski definition) is 4. The van der Waals surface area contributed by atoms with Crippen LogP contribution in [0.5, 0.6) is 0 Å². The van der Waals surface area contributed by atoms with E-state index in [0.29, 0.717) is 11.6 Å². The normalized spacial score (nSPS) is 10.2. The van der Waals surface area contributed by atoms with Crippen LogP contribution in [-0.2, 0) is 6.54 Å². The first-order chi connectivity index (χ1) is 7.29. The van der Waals surface area contributed by atoms with Gasteiger partial charge in [0.2, 0.25) is 0 Å². The van der Waals surface area contributed by atoms with Crippen LogP contribution in [0.4, 0.5) is 5.82 Å². The Morgan fingerprint density at radius 1 is 1.53 bits per heavy atom. The molecule has 4 N–H and O–H groups in total. The zero-order chi connectivity index (χ0) is 10.7. The number of nitrogens with one attached hydrogen (secondary N) is 2. The second-order valence-corrected chi connectivity index (χ2v) is 2.89. The summed E-state index contributed by atoms with van der Waals surface area (Å²) in [5, 5.41) is 8.89. The Bertz CT molecular complexity index is 446. The fourth-order valence-corrected chi connectivity index (χ4v) is 1.12. The van der Waals surface area contributed by atoms with Crippen molar-refractivity contribution in [2.24, 2.45) is 5.73 Å². The van der Waals surface area contributed by atoms with Gasteiger partial charge < -0.3 is 15.5 Å². The average molecular weight is 206 g/mol. The molecule has 0 spiro atoms. The number of aromatic nitrogens is 2. The highest BCUT2D eigenvalue weighted by Gasteiger charge is 2.10. The van der Waals surface area contributed by atoms with Crippen molar-refractivity contribution in [3.8, 4) is 0 Å². The van der Waals surface area contributed by atoms with Crippen LogP contribution in [0, 0.1) is 0 Å². The summed E-state index contributed by atoms with van der Waals surface area (Å²) in [6.07, 6.45) is 1.54. The van der Waals surface area contributed by atoms with Crippen LogP contribution in [0.25, 0.3) is 0 Å². The Morgan fingerprint density at radius 3 is 3.00 bits per heavy atom. The van der Waals surface area contributed by atoms with Gasteiger partial charge in [0.05, 0.1) is 12.7 Å². The van der Waals surface area contributed by atoms with E-state index in [1.165, 1.54) is 0 Å². The summed E-state index contributed by atoms with van der Waals surface area (Å²) >= 11 is 0. The molecule has 0 atom stereocenters. The number of hydrogen-bond donors (Lipinski definition) is 3. The zero-order valence-electron chi connectivity index (χ0n) is 7.86. The Kier molecular flexibility index (Phi) is 2.51. The van der Waals surface area contributed by atoms with E-state index in [4.69, 9.17) is 10.2 Å². The van der Waals surface area contributed by atoms with Gasteiger partial charge in [0.15, 0.2) is 5.76 Å². The maximum Gasteiger partial charge on any atom is 0.292 e. The van der Waals surface area contributed by atoms with Gasteiger partial charge in [-0.25, -0.2) is 0 Å². The van der Waals surface area contributed by atoms with Gasteiger partial charge in [0.1, 0.15) is 11.6 Å². The average Bonchev–Trinajstić information content (AvgIpc) is 2.86. The second-order valence-electron chi connectivity index (χ2n) is 2.89. The molecular formula is C9H10N4O2. The monoisotopic (exact) mass is 206 g/mol. The largest absolute Gasteiger partial charge is 0.455 e. The molecular weight excluding hydrogens is 196 g/mol. The van der Waals surface area contributed by atoms with E-state index in [9.17, 15) is 4.79 Å². The predicted molar refractivity (Wildman–Crippen MR) is 53.1 cm³/mol. The Labute approximate surface area is 85.5 Å². The summed E-state index contributed by atoms with van der Waals surface area (Å²) in [5.41, 5.74) is 5.36. The van der Waals surface area contributed by atoms with E-state index >= 15 is 0 Å². The number of nitrogens with two attached hydrogens (primary N) is 1. The summed E-state index contributed by atoms with van der Waals surface area (Å²) in [6.45, 7) is 0.275. The Morgan fingerprint density at radius 2 is 2.40 bits per heavy atom. The molecule has 0 aliphatic rings. The smallest absolute Gasteiger partial charge is 0.292 e. The fourth-order valence-electron chi connectivity index (χ4n) is 1.12. The molecule has 0 radical (unpaired) electrons. The van der Waals surface area contributed by atoms with Crippen molar-refractivity contribution in [3.05, 3.63) is 35.9 Å². The number of aromatic amines is 1. The molecule has 0 aliphatic carbocycles. The van der Waals surface area contributed by atoms with Crippen molar-refractivity contribution < 1.29 is 9.21 Å².